The molecule has 1 aromatic heterocycles. The number of hydrogen-bond acceptors (Lipinski definition) is 5. The summed E-state index contributed by atoms with van der Waals surface area (Å²) in [5.41, 5.74) is 1.22. The zero-order valence-electron chi connectivity index (χ0n) is 16.9. The second kappa shape index (κ2) is 8.52. The van der Waals surface area contributed by atoms with Crippen LogP contribution in [0.3, 0.4) is 0 Å². The van der Waals surface area contributed by atoms with Crippen LogP contribution in [0.5, 0.6) is 5.75 Å². The van der Waals surface area contributed by atoms with Gasteiger partial charge in [0.25, 0.3) is 5.91 Å². The van der Waals surface area contributed by atoms with Gasteiger partial charge in [-0.3, -0.25) is 4.79 Å². The lowest BCUT2D eigenvalue weighted by molar-refractivity contribution is -0.136. The highest BCUT2D eigenvalue weighted by atomic mass is 79.9. The van der Waals surface area contributed by atoms with Gasteiger partial charge in [-0.25, -0.2) is 8.42 Å². The van der Waals surface area contributed by atoms with Crippen molar-refractivity contribution in [1.82, 2.24) is 4.90 Å². The number of halogens is 1. The molecule has 1 atom stereocenters. The Balaban J connectivity index is 1.69. The van der Waals surface area contributed by atoms with Crippen molar-refractivity contribution in [3.8, 4) is 5.75 Å². The average Bonchev–Trinajstić information content (AvgIpc) is 3.22. The van der Waals surface area contributed by atoms with E-state index in [0.29, 0.717) is 22.6 Å². The zero-order chi connectivity index (χ0) is 21.2. The summed E-state index contributed by atoms with van der Waals surface area (Å²) in [4.78, 5) is 14.5. The van der Waals surface area contributed by atoms with Crippen LogP contribution in [-0.4, -0.2) is 43.4 Å². The summed E-state index contributed by atoms with van der Waals surface area (Å²) in [6, 6.07) is 10.8. The van der Waals surface area contributed by atoms with E-state index in [4.69, 9.17) is 9.15 Å². The molecule has 0 spiro atoms. The predicted molar refractivity (Wildman–Crippen MR) is 115 cm³/mol. The van der Waals surface area contributed by atoms with Crippen LogP contribution < -0.4 is 4.74 Å². The first-order valence-electron chi connectivity index (χ1n) is 9.51. The first kappa shape index (κ1) is 21.9. The maximum absolute atomic E-state index is 12.9. The highest BCUT2D eigenvalue weighted by Crippen LogP contribution is 2.25. The Labute approximate surface area is 180 Å². The first-order valence-corrected chi connectivity index (χ1v) is 12.1. The van der Waals surface area contributed by atoms with Crippen LogP contribution in [0.25, 0.3) is 0 Å². The predicted octanol–water partition coefficient (Wildman–Crippen LogP) is 3.93. The number of nitrogens with zero attached hydrogens (tertiary/aromatic N) is 1. The van der Waals surface area contributed by atoms with Crippen LogP contribution >= 0.6 is 15.9 Å². The maximum atomic E-state index is 12.9. The fourth-order valence-corrected chi connectivity index (χ4v) is 5.40. The molecule has 0 saturated carbocycles. The van der Waals surface area contributed by atoms with Gasteiger partial charge in [0.2, 0.25) is 0 Å². The van der Waals surface area contributed by atoms with Crippen molar-refractivity contribution in [3.05, 3.63) is 52.4 Å². The van der Waals surface area contributed by atoms with Crippen LogP contribution in [0.1, 0.15) is 38.5 Å². The third-order valence-electron chi connectivity index (χ3n) is 5.01. The second-order valence-corrected chi connectivity index (χ2v) is 11.4. The summed E-state index contributed by atoms with van der Waals surface area (Å²) in [7, 11) is -3.12. The van der Waals surface area contributed by atoms with E-state index in [1.165, 1.54) is 5.56 Å². The molecule has 1 aliphatic heterocycles. The Morgan fingerprint density at radius 3 is 2.41 bits per heavy atom. The van der Waals surface area contributed by atoms with Gasteiger partial charge in [-0.1, -0.05) is 32.9 Å². The highest BCUT2D eigenvalue weighted by Gasteiger charge is 2.35. The minimum absolute atomic E-state index is 0.0269. The molecule has 0 bridgehead atoms. The fourth-order valence-electron chi connectivity index (χ4n) is 3.33. The van der Waals surface area contributed by atoms with Gasteiger partial charge in [-0.2, -0.15) is 0 Å². The topological polar surface area (TPSA) is 76.8 Å². The number of sulfone groups is 1. The Hall–Kier alpha value is -1.80. The Kier molecular flexibility index (Phi) is 6.43. The van der Waals surface area contributed by atoms with Crippen LogP contribution in [0.15, 0.2) is 45.5 Å². The fraction of sp³-hybridized carbons (Fsp3) is 0.476. The molecule has 8 heteroatoms. The van der Waals surface area contributed by atoms with Crippen molar-refractivity contribution in [3.63, 3.8) is 0 Å². The maximum Gasteiger partial charge on any atom is 0.261 e. The van der Waals surface area contributed by atoms with E-state index in [1.54, 1.807) is 17.0 Å². The van der Waals surface area contributed by atoms with E-state index >= 15 is 0 Å². The van der Waals surface area contributed by atoms with Crippen molar-refractivity contribution < 1.29 is 22.4 Å². The summed E-state index contributed by atoms with van der Waals surface area (Å²) >= 11 is 3.25. The van der Waals surface area contributed by atoms with Gasteiger partial charge < -0.3 is 14.1 Å². The number of ether oxygens (including phenoxy) is 1. The van der Waals surface area contributed by atoms with Gasteiger partial charge in [0, 0.05) is 6.04 Å². The molecule has 2 heterocycles. The van der Waals surface area contributed by atoms with Crippen LogP contribution in [0.4, 0.5) is 0 Å². The summed E-state index contributed by atoms with van der Waals surface area (Å²) in [6.07, 6.45) is 0.427. The van der Waals surface area contributed by atoms with E-state index < -0.39 is 9.84 Å². The van der Waals surface area contributed by atoms with E-state index in [9.17, 15) is 13.2 Å². The Bertz CT molecular complexity index is 960. The molecule has 2 aromatic rings. The second-order valence-electron chi connectivity index (χ2n) is 8.35. The minimum atomic E-state index is -3.12. The number of amides is 1. The number of furan rings is 1. The molecule has 1 amide bonds. The molecule has 1 fully saturated rings. The monoisotopic (exact) mass is 483 g/mol. The van der Waals surface area contributed by atoms with Gasteiger partial charge in [0.05, 0.1) is 18.1 Å². The minimum Gasteiger partial charge on any atom is -0.484 e. The molecule has 3 rings (SSSR count). The number of carbonyl (C=O) groups excluding carboxylic acids is 1. The van der Waals surface area contributed by atoms with Gasteiger partial charge in [0.1, 0.15) is 11.5 Å². The molecular weight excluding hydrogens is 458 g/mol. The molecule has 0 unspecified atom stereocenters. The van der Waals surface area contributed by atoms with Gasteiger partial charge in [-0.15, -0.1) is 0 Å². The van der Waals surface area contributed by atoms with E-state index in [1.807, 2.05) is 24.3 Å². The molecule has 1 aromatic carbocycles. The number of rotatable bonds is 6. The molecule has 0 radical (unpaired) electrons. The summed E-state index contributed by atoms with van der Waals surface area (Å²) in [6.45, 7) is 6.44. The molecule has 6 nitrogen and oxygen atoms in total. The van der Waals surface area contributed by atoms with Gasteiger partial charge in [-0.05, 0) is 57.6 Å². The van der Waals surface area contributed by atoms with Crippen molar-refractivity contribution in [2.45, 2.75) is 45.2 Å². The lowest BCUT2D eigenvalue weighted by atomic mass is 9.87. The van der Waals surface area contributed by atoms with E-state index in [0.717, 1.165) is 0 Å². The third kappa shape index (κ3) is 5.85. The van der Waals surface area contributed by atoms with E-state index in [-0.39, 0.29) is 42.0 Å². The number of carbonyl (C=O) groups is 1. The summed E-state index contributed by atoms with van der Waals surface area (Å²) < 4.78 is 35.6. The normalized spacial score (nSPS) is 18.6. The molecule has 0 aliphatic carbocycles. The van der Waals surface area contributed by atoms with Crippen LogP contribution in [-0.2, 0) is 26.6 Å². The standard InChI is InChI=1S/C21H26BrNO5S/c1-21(2,3)15-4-6-17(7-5-15)27-13-20(24)23(12-18-8-9-19(22)28-18)16-10-11-29(25,26)14-16/h4-9,16H,10-14H2,1-3H3/t16-/m1/s1. The van der Waals surface area contributed by atoms with E-state index in [2.05, 4.69) is 36.7 Å². The lowest BCUT2D eigenvalue weighted by Gasteiger charge is -2.27. The van der Waals surface area contributed by atoms with Crippen molar-refractivity contribution in [2.24, 2.45) is 0 Å². The Morgan fingerprint density at radius 2 is 1.90 bits per heavy atom. The quantitative estimate of drug-likeness (QED) is 0.621. The van der Waals surface area contributed by atoms with Gasteiger partial charge >= 0.3 is 0 Å². The number of benzene rings is 1. The highest BCUT2D eigenvalue weighted by molar-refractivity contribution is 9.10. The summed E-state index contributed by atoms with van der Waals surface area (Å²) in [5, 5.41) is 0. The van der Waals surface area contributed by atoms with Crippen molar-refractivity contribution in [2.75, 3.05) is 18.1 Å². The largest absolute Gasteiger partial charge is 0.484 e. The lowest BCUT2D eigenvalue weighted by Crippen LogP contribution is -2.43. The number of hydrogen-bond donors (Lipinski definition) is 0. The average molecular weight is 484 g/mol. The summed E-state index contributed by atoms with van der Waals surface area (Å²) in [5.74, 6) is 0.994. The molecule has 158 valence electrons. The van der Waals surface area contributed by atoms with Crippen molar-refractivity contribution >= 4 is 31.7 Å². The smallest absolute Gasteiger partial charge is 0.261 e. The first-order chi connectivity index (χ1) is 13.5. The molecule has 1 aliphatic rings. The Morgan fingerprint density at radius 1 is 1.21 bits per heavy atom. The van der Waals surface area contributed by atoms with Crippen LogP contribution in [0, 0.1) is 0 Å². The van der Waals surface area contributed by atoms with Crippen LogP contribution in [0.2, 0.25) is 0 Å². The van der Waals surface area contributed by atoms with Crippen molar-refractivity contribution in [1.29, 1.82) is 0 Å². The third-order valence-corrected chi connectivity index (χ3v) is 7.18. The SMILES string of the molecule is CC(C)(C)c1ccc(OCC(=O)N(Cc2ccc(Br)o2)[C@@H]2CCS(=O)(=O)C2)cc1. The molecule has 1 saturated heterocycles. The zero-order valence-corrected chi connectivity index (χ0v) is 19.3. The molecular formula is C21H26BrNO5S. The van der Waals surface area contributed by atoms with Gasteiger partial charge in [0.15, 0.2) is 21.1 Å². The molecule has 29 heavy (non-hydrogen) atoms. The molecule has 0 N–H and O–H groups in total.